The van der Waals surface area contributed by atoms with Crippen LogP contribution in [-0.2, 0) is 6.54 Å². The third-order valence-corrected chi connectivity index (χ3v) is 3.42. The molecule has 0 aliphatic carbocycles. The standard InChI is InChI=1S/C13H18BrN5/c1-8(2)15-7-12-16-17-18-19(12)13-10(4)5-9(3)6-11(13)14/h5-6,8,15H,7H2,1-4H3. The van der Waals surface area contributed by atoms with Gasteiger partial charge in [0.15, 0.2) is 5.82 Å². The Kier molecular flexibility index (Phi) is 4.31. The molecule has 0 aliphatic heterocycles. The molecule has 19 heavy (non-hydrogen) atoms. The summed E-state index contributed by atoms with van der Waals surface area (Å²) in [6.45, 7) is 8.98. The highest BCUT2D eigenvalue weighted by Gasteiger charge is 2.14. The molecule has 0 saturated carbocycles. The second kappa shape index (κ2) is 5.79. The monoisotopic (exact) mass is 323 g/mol. The summed E-state index contributed by atoms with van der Waals surface area (Å²) in [5, 5.41) is 15.3. The van der Waals surface area contributed by atoms with E-state index in [1.54, 1.807) is 4.68 Å². The van der Waals surface area contributed by atoms with Crippen LogP contribution in [0, 0.1) is 13.8 Å². The first-order chi connectivity index (χ1) is 8.99. The van der Waals surface area contributed by atoms with E-state index in [-0.39, 0.29) is 0 Å². The third kappa shape index (κ3) is 3.19. The van der Waals surface area contributed by atoms with Crippen LogP contribution in [0.3, 0.4) is 0 Å². The van der Waals surface area contributed by atoms with E-state index in [2.05, 4.69) is 76.6 Å². The van der Waals surface area contributed by atoms with Gasteiger partial charge in [0.25, 0.3) is 0 Å². The molecule has 5 nitrogen and oxygen atoms in total. The number of nitrogens with zero attached hydrogens (tertiary/aromatic N) is 4. The summed E-state index contributed by atoms with van der Waals surface area (Å²) in [7, 11) is 0. The average molecular weight is 324 g/mol. The molecule has 0 unspecified atom stereocenters. The van der Waals surface area contributed by atoms with Crippen LogP contribution in [0.5, 0.6) is 0 Å². The van der Waals surface area contributed by atoms with Crippen molar-refractivity contribution in [1.29, 1.82) is 0 Å². The lowest BCUT2D eigenvalue weighted by Gasteiger charge is -2.12. The molecular weight excluding hydrogens is 306 g/mol. The van der Waals surface area contributed by atoms with Crippen LogP contribution in [0.2, 0.25) is 0 Å². The largest absolute Gasteiger partial charge is 0.308 e. The Morgan fingerprint density at radius 3 is 2.68 bits per heavy atom. The number of halogens is 1. The smallest absolute Gasteiger partial charge is 0.170 e. The van der Waals surface area contributed by atoms with Crippen molar-refractivity contribution in [2.24, 2.45) is 0 Å². The van der Waals surface area contributed by atoms with Gasteiger partial charge in [-0.2, -0.15) is 4.68 Å². The lowest BCUT2D eigenvalue weighted by Crippen LogP contribution is -2.24. The van der Waals surface area contributed by atoms with E-state index in [0.717, 1.165) is 21.5 Å². The van der Waals surface area contributed by atoms with E-state index < -0.39 is 0 Å². The molecule has 1 aromatic carbocycles. The Morgan fingerprint density at radius 2 is 2.05 bits per heavy atom. The summed E-state index contributed by atoms with van der Waals surface area (Å²) in [5.74, 6) is 0.807. The normalized spacial score (nSPS) is 11.3. The maximum Gasteiger partial charge on any atom is 0.170 e. The quantitative estimate of drug-likeness (QED) is 0.939. The average Bonchev–Trinajstić information content (AvgIpc) is 2.73. The van der Waals surface area contributed by atoms with Crippen molar-refractivity contribution < 1.29 is 0 Å². The van der Waals surface area contributed by atoms with Crippen molar-refractivity contribution in [1.82, 2.24) is 25.5 Å². The molecule has 0 aliphatic rings. The molecule has 0 saturated heterocycles. The molecule has 1 aromatic heterocycles. The first kappa shape index (κ1) is 14.1. The molecule has 0 bridgehead atoms. The van der Waals surface area contributed by atoms with Crippen LogP contribution in [0.4, 0.5) is 0 Å². The van der Waals surface area contributed by atoms with Crippen molar-refractivity contribution in [2.45, 2.75) is 40.3 Å². The first-order valence-electron chi connectivity index (χ1n) is 6.26. The summed E-state index contributed by atoms with van der Waals surface area (Å²) in [4.78, 5) is 0. The second-order valence-electron chi connectivity index (χ2n) is 4.95. The molecule has 102 valence electrons. The summed E-state index contributed by atoms with van der Waals surface area (Å²) < 4.78 is 2.79. The molecule has 2 aromatic rings. The number of hydrogen-bond acceptors (Lipinski definition) is 4. The van der Waals surface area contributed by atoms with Gasteiger partial charge in [-0.05, 0) is 57.4 Å². The lowest BCUT2D eigenvalue weighted by atomic mass is 10.1. The minimum absolute atomic E-state index is 0.396. The summed E-state index contributed by atoms with van der Waals surface area (Å²) in [6, 6.07) is 4.60. The Hall–Kier alpha value is -1.27. The Balaban J connectivity index is 2.40. The number of benzene rings is 1. The predicted molar refractivity (Wildman–Crippen MR) is 78.3 cm³/mol. The van der Waals surface area contributed by atoms with E-state index in [1.165, 1.54) is 5.56 Å². The summed E-state index contributed by atoms with van der Waals surface area (Å²) in [5.41, 5.74) is 3.35. The number of aryl methyl sites for hydroxylation is 2. The van der Waals surface area contributed by atoms with E-state index in [9.17, 15) is 0 Å². The zero-order valence-electron chi connectivity index (χ0n) is 11.6. The van der Waals surface area contributed by atoms with Gasteiger partial charge in [-0.3, -0.25) is 0 Å². The van der Waals surface area contributed by atoms with Gasteiger partial charge in [0.1, 0.15) is 0 Å². The zero-order chi connectivity index (χ0) is 14.0. The minimum Gasteiger partial charge on any atom is -0.308 e. The van der Waals surface area contributed by atoms with Crippen molar-refractivity contribution in [3.8, 4) is 5.69 Å². The van der Waals surface area contributed by atoms with Crippen molar-refractivity contribution in [2.75, 3.05) is 0 Å². The van der Waals surface area contributed by atoms with Crippen LogP contribution in [0.25, 0.3) is 5.69 Å². The fourth-order valence-electron chi connectivity index (χ4n) is 1.96. The van der Waals surface area contributed by atoms with Crippen molar-refractivity contribution >= 4 is 15.9 Å². The molecule has 0 radical (unpaired) electrons. The molecule has 0 atom stereocenters. The maximum absolute atomic E-state index is 4.10. The van der Waals surface area contributed by atoms with Crippen LogP contribution in [0.1, 0.15) is 30.8 Å². The number of nitrogens with one attached hydrogen (secondary N) is 1. The third-order valence-electron chi connectivity index (χ3n) is 2.81. The molecule has 0 amide bonds. The predicted octanol–water partition coefficient (Wildman–Crippen LogP) is 2.54. The minimum atomic E-state index is 0.396. The van der Waals surface area contributed by atoms with Crippen LogP contribution in [0.15, 0.2) is 16.6 Å². The highest BCUT2D eigenvalue weighted by Crippen LogP contribution is 2.26. The summed E-state index contributed by atoms with van der Waals surface area (Å²) in [6.07, 6.45) is 0. The SMILES string of the molecule is Cc1cc(C)c(-n2nnnc2CNC(C)C)c(Br)c1. The highest BCUT2D eigenvalue weighted by molar-refractivity contribution is 9.10. The maximum atomic E-state index is 4.10. The number of aromatic nitrogens is 4. The number of rotatable bonds is 4. The Labute approximate surface area is 121 Å². The fraction of sp³-hybridized carbons (Fsp3) is 0.462. The lowest BCUT2D eigenvalue weighted by molar-refractivity contribution is 0.562. The molecule has 6 heteroatoms. The second-order valence-corrected chi connectivity index (χ2v) is 5.81. The van der Waals surface area contributed by atoms with Gasteiger partial charge in [0.05, 0.1) is 12.2 Å². The van der Waals surface area contributed by atoms with Crippen molar-refractivity contribution in [3.63, 3.8) is 0 Å². The molecule has 0 fully saturated rings. The van der Waals surface area contributed by atoms with Crippen molar-refractivity contribution in [3.05, 3.63) is 33.6 Å². The molecule has 1 N–H and O–H groups in total. The van der Waals surface area contributed by atoms with Gasteiger partial charge in [-0.15, -0.1) is 5.10 Å². The molecular formula is C13H18BrN5. The van der Waals surface area contributed by atoms with Gasteiger partial charge in [0.2, 0.25) is 0 Å². The summed E-state index contributed by atoms with van der Waals surface area (Å²) >= 11 is 3.60. The van der Waals surface area contributed by atoms with Gasteiger partial charge < -0.3 is 5.32 Å². The molecule has 2 rings (SSSR count). The Morgan fingerprint density at radius 1 is 1.32 bits per heavy atom. The van der Waals surface area contributed by atoms with Gasteiger partial charge in [-0.1, -0.05) is 19.9 Å². The topological polar surface area (TPSA) is 55.6 Å². The van der Waals surface area contributed by atoms with Gasteiger partial charge in [-0.25, -0.2) is 0 Å². The molecule has 1 heterocycles. The van der Waals surface area contributed by atoms with E-state index in [0.29, 0.717) is 12.6 Å². The van der Waals surface area contributed by atoms with E-state index in [1.807, 2.05) is 0 Å². The van der Waals surface area contributed by atoms with Crippen LogP contribution >= 0.6 is 15.9 Å². The van der Waals surface area contributed by atoms with Crippen LogP contribution in [-0.4, -0.2) is 26.2 Å². The fourth-order valence-corrected chi connectivity index (χ4v) is 2.80. The number of tetrazole rings is 1. The number of hydrogen-bond donors (Lipinski definition) is 1. The first-order valence-corrected chi connectivity index (χ1v) is 7.06. The van der Waals surface area contributed by atoms with Crippen LogP contribution < -0.4 is 5.32 Å². The highest BCUT2D eigenvalue weighted by atomic mass is 79.9. The van der Waals surface area contributed by atoms with Gasteiger partial charge >= 0.3 is 0 Å². The Bertz CT molecular complexity index is 553. The van der Waals surface area contributed by atoms with E-state index >= 15 is 0 Å². The zero-order valence-corrected chi connectivity index (χ0v) is 13.2. The van der Waals surface area contributed by atoms with Gasteiger partial charge in [0, 0.05) is 10.5 Å². The molecule has 0 spiro atoms. The van der Waals surface area contributed by atoms with E-state index in [4.69, 9.17) is 0 Å².